The van der Waals surface area contributed by atoms with Crippen molar-refractivity contribution in [3.8, 4) is 0 Å². The largest absolute Gasteiger partial charge is 0.350 e. The lowest BCUT2D eigenvalue weighted by Gasteiger charge is -2.32. The molecule has 2 unspecified atom stereocenters. The molecule has 0 bridgehead atoms. The van der Waals surface area contributed by atoms with Gasteiger partial charge in [0.15, 0.2) is 0 Å². The third-order valence-electron chi connectivity index (χ3n) is 3.79. The van der Waals surface area contributed by atoms with Crippen molar-refractivity contribution < 1.29 is 9.59 Å². The van der Waals surface area contributed by atoms with Crippen molar-refractivity contribution in [2.75, 3.05) is 6.54 Å². The second-order valence-corrected chi connectivity index (χ2v) is 7.36. The Kier molecular flexibility index (Phi) is 7.70. The smallest absolute Gasteiger partial charge is 0.222 e. The highest BCUT2D eigenvalue weighted by molar-refractivity contribution is 6.30. The van der Waals surface area contributed by atoms with E-state index in [1.165, 1.54) is 6.92 Å². The lowest BCUT2D eigenvalue weighted by molar-refractivity contribution is -0.124. The molecule has 1 aromatic carbocycles. The first-order chi connectivity index (χ1) is 11.1. The van der Waals surface area contributed by atoms with Crippen LogP contribution in [0.4, 0.5) is 0 Å². The Labute approximate surface area is 149 Å². The minimum absolute atomic E-state index is 0.141. The minimum Gasteiger partial charge on any atom is -0.350 e. The molecule has 0 aliphatic carbocycles. The predicted molar refractivity (Wildman–Crippen MR) is 97.7 cm³/mol. The van der Waals surface area contributed by atoms with Crippen LogP contribution in [0.3, 0.4) is 0 Å². The zero-order valence-corrected chi connectivity index (χ0v) is 15.6. The van der Waals surface area contributed by atoms with E-state index in [0.29, 0.717) is 17.5 Å². The minimum atomic E-state index is -0.452. The van der Waals surface area contributed by atoms with E-state index < -0.39 is 11.6 Å². The van der Waals surface area contributed by atoms with E-state index in [-0.39, 0.29) is 18.2 Å². The third kappa shape index (κ3) is 6.89. The standard InChI is InChI=1S/C18H28ClN3O2/c1-12(2)10-18(4,11-20)22-17(24)9-16(21-13(3)23)14-5-7-15(19)8-6-14/h5-8,12,16H,9-11,20H2,1-4H3,(H,21,23)(H,22,24). The summed E-state index contributed by atoms with van der Waals surface area (Å²) in [7, 11) is 0. The number of rotatable bonds is 8. The van der Waals surface area contributed by atoms with Gasteiger partial charge in [-0.2, -0.15) is 0 Å². The Morgan fingerprint density at radius 2 is 1.83 bits per heavy atom. The maximum Gasteiger partial charge on any atom is 0.222 e. The van der Waals surface area contributed by atoms with Gasteiger partial charge in [0.05, 0.1) is 12.5 Å². The summed E-state index contributed by atoms with van der Waals surface area (Å²) >= 11 is 5.90. The van der Waals surface area contributed by atoms with Gasteiger partial charge in [-0.3, -0.25) is 9.59 Å². The highest BCUT2D eigenvalue weighted by atomic mass is 35.5. The van der Waals surface area contributed by atoms with Gasteiger partial charge in [-0.15, -0.1) is 0 Å². The third-order valence-corrected chi connectivity index (χ3v) is 4.04. The van der Waals surface area contributed by atoms with E-state index in [1.807, 2.05) is 19.1 Å². The van der Waals surface area contributed by atoms with Gasteiger partial charge in [-0.1, -0.05) is 37.6 Å². The maximum atomic E-state index is 12.5. The van der Waals surface area contributed by atoms with E-state index in [9.17, 15) is 9.59 Å². The first-order valence-electron chi connectivity index (χ1n) is 8.19. The number of hydrogen-bond acceptors (Lipinski definition) is 3. The van der Waals surface area contributed by atoms with Crippen LogP contribution in [0.25, 0.3) is 0 Å². The Morgan fingerprint density at radius 1 is 1.25 bits per heavy atom. The van der Waals surface area contributed by atoms with Crippen LogP contribution >= 0.6 is 11.6 Å². The second-order valence-electron chi connectivity index (χ2n) is 6.92. The highest BCUT2D eigenvalue weighted by Crippen LogP contribution is 2.21. The van der Waals surface area contributed by atoms with Crippen LogP contribution in [0, 0.1) is 5.92 Å². The maximum absolute atomic E-state index is 12.5. The van der Waals surface area contributed by atoms with E-state index in [0.717, 1.165) is 12.0 Å². The van der Waals surface area contributed by atoms with Gasteiger partial charge in [0.2, 0.25) is 11.8 Å². The van der Waals surface area contributed by atoms with Crippen molar-refractivity contribution in [2.24, 2.45) is 11.7 Å². The number of carbonyl (C=O) groups is 2. The molecule has 24 heavy (non-hydrogen) atoms. The van der Waals surface area contributed by atoms with Gasteiger partial charge in [0.25, 0.3) is 0 Å². The first kappa shape index (κ1) is 20.5. The molecule has 0 fully saturated rings. The summed E-state index contributed by atoms with van der Waals surface area (Å²) in [4.78, 5) is 24.0. The predicted octanol–water partition coefficient (Wildman–Crippen LogP) is 2.79. The van der Waals surface area contributed by atoms with Gasteiger partial charge in [0, 0.05) is 24.0 Å². The molecule has 0 saturated heterocycles. The molecule has 2 amide bonds. The van der Waals surface area contributed by atoms with Crippen LogP contribution in [-0.4, -0.2) is 23.9 Å². The SMILES string of the molecule is CC(=O)NC(CC(=O)NC(C)(CN)CC(C)C)c1ccc(Cl)cc1. The van der Waals surface area contributed by atoms with Gasteiger partial charge in [-0.25, -0.2) is 0 Å². The summed E-state index contributed by atoms with van der Waals surface area (Å²) in [6.45, 7) is 7.93. The van der Waals surface area contributed by atoms with Crippen LogP contribution < -0.4 is 16.4 Å². The molecule has 2 atom stereocenters. The fraction of sp³-hybridized carbons (Fsp3) is 0.556. The fourth-order valence-corrected chi connectivity index (χ4v) is 2.98. The molecule has 0 aliphatic heterocycles. The number of benzene rings is 1. The summed E-state index contributed by atoms with van der Waals surface area (Å²) in [6, 6.07) is 6.71. The van der Waals surface area contributed by atoms with Gasteiger partial charge < -0.3 is 16.4 Å². The molecule has 0 spiro atoms. The molecule has 0 radical (unpaired) electrons. The van der Waals surface area contributed by atoms with Crippen molar-refractivity contribution in [3.05, 3.63) is 34.9 Å². The normalized spacial score (nSPS) is 14.8. The Balaban J connectivity index is 2.84. The Morgan fingerprint density at radius 3 is 2.29 bits per heavy atom. The molecule has 0 saturated carbocycles. The van der Waals surface area contributed by atoms with Crippen molar-refractivity contribution in [3.63, 3.8) is 0 Å². The topological polar surface area (TPSA) is 84.2 Å². The lowest BCUT2D eigenvalue weighted by Crippen LogP contribution is -2.52. The number of halogens is 1. The zero-order valence-electron chi connectivity index (χ0n) is 14.9. The Bertz CT molecular complexity index is 560. The van der Waals surface area contributed by atoms with Crippen LogP contribution in [0.1, 0.15) is 52.1 Å². The molecule has 0 aromatic heterocycles. The summed E-state index contributed by atoms with van der Waals surface area (Å²) in [5, 5.41) is 6.44. The van der Waals surface area contributed by atoms with Crippen LogP contribution in [0.15, 0.2) is 24.3 Å². The number of amides is 2. The summed E-state index contributed by atoms with van der Waals surface area (Å²) < 4.78 is 0. The summed E-state index contributed by atoms with van der Waals surface area (Å²) in [5.74, 6) is 0.0880. The quantitative estimate of drug-likeness (QED) is 0.671. The summed E-state index contributed by atoms with van der Waals surface area (Å²) in [5.41, 5.74) is 6.23. The van der Waals surface area contributed by atoms with E-state index >= 15 is 0 Å². The number of carbonyl (C=O) groups excluding carboxylic acids is 2. The second kappa shape index (κ2) is 9.04. The van der Waals surface area contributed by atoms with Crippen LogP contribution in [-0.2, 0) is 9.59 Å². The van der Waals surface area contributed by atoms with Crippen molar-refractivity contribution >= 4 is 23.4 Å². The molecule has 1 aromatic rings. The van der Waals surface area contributed by atoms with Gasteiger partial charge in [-0.05, 0) is 37.0 Å². The van der Waals surface area contributed by atoms with E-state index in [1.54, 1.807) is 12.1 Å². The van der Waals surface area contributed by atoms with Crippen LogP contribution in [0.2, 0.25) is 5.02 Å². The number of hydrogen-bond donors (Lipinski definition) is 3. The molecule has 134 valence electrons. The lowest BCUT2D eigenvalue weighted by atomic mass is 9.90. The molecule has 6 heteroatoms. The molecule has 0 aliphatic rings. The van der Waals surface area contributed by atoms with Crippen molar-refractivity contribution in [1.29, 1.82) is 0 Å². The zero-order chi connectivity index (χ0) is 18.3. The van der Waals surface area contributed by atoms with E-state index in [2.05, 4.69) is 24.5 Å². The fourth-order valence-electron chi connectivity index (χ4n) is 2.85. The Hall–Kier alpha value is -1.59. The van der Waals surface area contributed by atoms with Gasteiger partial charge >= 0.3 is 0 Å². The monoisotopic (exact) mass is 353 g/mol. The number of nitrogens with two attached hydrogens (primary N) is 1. The molecule has 0 heterocycles. The molecule has 5 nitrogen and oxygen atoms in total. The average Bonchev–Trinajstić information content (AvgIpc) is 2.45. The average molecular weight is 354 g/mol. The molecule has 1 rings (SSSR count). The first-order valence-corrected chi connectivity index (χ1v) is 8.56. The highest BCUT2D eigenvalue weighted by Gasteiger charge is 2.27. The van der Waals surface area contributed by atoms with Gasteiger partial charge in [0.1, 0.15) is 0 Å². The molecular formula is C18H28ClN3O2. The van der Waals surface area contributed by atoms with Crippen molar-refractivity contribution in [2.45, 2.75) is 52.1 Å². The van der Waals surface area contributed by atoms with Crippen LogP contribution in [0.5, 0.6) is 0 Å². The molecule has 4 N–H and O–H groups in total. The molecular weight excluding hydrogens is 326 g/mol. The number of nitrogens with one attached hydrogen (secondary N) is 2. The summed E-state index contributed by atoms with van der Waals surface area (Å²) in [6.07, 6.45) is 0.940. The van der Waals surface area contributed by atoms with E-state index in [4.69, 9.17) is 17.3 Å². The van der Waals surface area contributed by atoms with Crippen molar-refractivity contribution in [1.82, 2.24) is 10.6 Å².